The molecule has 104 valence electrons. The third-order valence-corrected chi connectivity index (χ3v) is 4.68. The highest BCUT2D eigenvalue weighted by Crippen LogP contribution is 2.34. The van der Waals surface area contributed by atoms with Gasteiger partial charge in [-0.1, -0.05) is 18.6 Å². The number of para-hydroxylation sites is 1. The molecule has 19 heavy (non-hydrogen) atoms. The van der Waals surface area contributed by atoms with Gasteiger partial charge in [0, 0.05) is 12.1 Å². The highest BCUT2D eigenvalue weighted by molar-refractivity contribution is 9.10. The molecule has 3 rings (SSSR count). The van der Waals surface area contributed by atoms with E-state index in [9.17, 15) is 0 Å². The molecule has 0 bridgehead atoms. The first-order chi connectivity index (χ1) is 9.33. The highest BCUT2D eigenvalue weighted by Gasteiger charge is 2.23. The molecule has 1 aromatic carbocycles. The third kappa shape index (κ3) is 3.73. The van der Waals surface area contributed by atoms with Crippen LogP contribution in [0, 0.1) is 5.92 Å². The van der Waals surface area contributed by atoms with E-state index in [4.69, 9.17) is 4.74 Å². The van der Waals surface area contributed by atoms with Gasteiger partial charge in [-0.2, -0.15) is 0 Å². The van der Waals surface area contributed by atoms with Crippen LogP contribution in [0.5, 0.6) is 5.75 Å². The van der Waals surface area contributed by atoms with E-state index in [-0.39, 0.29) is 0 Å². The van der Waals surface area contributed by atoms with Gasteiger partial charge >= 0.3 is 0 Å². The van der Waals surface area contributed by atoms with E-state index in [1.165, 1.54) is 50.8 Å². The van der Waals surface area contributed by atoms with Crippen LogP contribution in [0.15, 0.2) is 22.7 Å². The second-order valence-corrected chi connectivity index (χ2v) is 6.67. The molecule has 0 radical (unpaired) electrons. The van der Waals surface area contributed by atoms with Crippen LogP contribution in [0.4, 0.5) is 0 Å². The molecule has 1 saturated heterocycles. The SMILES string of the molecule is Brc1cccc(CN2CCCCC2)c1OCC1CC1. The zero-order valence-electron chi connectivity index (χ0n) is 11.4. The Morgan fingerprint density at radius 3 is 2.68 bits per heavy atom. The summed E-state index contributed by atoms with van der Waals surface area (Å²) in [6.07, 6.45) is 6.75. The number of rotatable bonds is 5. The van der Waals surface area contributed by atoms with Crippen molar-refractivity contribution in [2.24, 2.45) is 5.92 Å². The normalized spacial score (nSPS) is 20.5. The van der Waals surface area contributed by atoms with Crippen molar-refractivity contribution >= 4 is 15.9 Å². The van der Waals surface area contributed by atoms with Gasteiger partial charge in [-0.15, -0.1) is 0 Å². The summed E-state index contributed by atoms with van der Waals surface area (Å²) in [4.78, 5) is 2.55. The van der Waals surface area contributed by atoms with Crippen molar-refractivity contribution in [1.82, 2.24) is 4.90 Å². The van der Waals surface area contributed by atoms with Crippen molar-refractivity contribution in [1.29, 1.82) is 0 Å². The molecule has 1 saturated carbocycles. The monoisotopic (exact) mass is 323 g/mol. The predicted molar refractivity (Wildman–Crippen MR) is 81.5 cm³/mol. The number of piperidine rings is 1. The van der Waals surface area contributed by atoms with Gasteiger partial charge in [0.15, 0.2) is 0 Å². The maximum absolute atomic E-state index is 6.06. The molecule has 2 aliphatic rings. The fraction of sp³-hybridized carbons (Fsp3) is 0.625. The number of halogens is 1. The Morgan fingerprint density at radius 1 is 1.16 bits per heavy atom. The van der Waals surface area contributed by atoms with Crippen LogP contribution in [0.25, 0.3) is 0 Å². The number of likely N-dealkylation sites (tertiary alicyclic amines) is 1. The van der Waals surface area contributed by atoms with Crippen LogP contribution in [0.3, 0.4) is 0 Å². The van der Waals surface area contributed by atoms with Gasteiger partial charge in [0.1, 0.15) is 5.75 Å². The summed E-state index contributed by atoms with van der Waals surface area (Å²) in [5, 5.41) is 0. The molecular weight excluding hydrogens is 302 g/mol. The van der Waals surface area contributed by atoms with E-state index < -0.39 is 0 Å². The molecule has 0 N–H and O–H groups in total. The molecule has 2 fully saturated rings. The van der Waals surface area contributed by atoms with Crippen LogP contribution in [0.2, 0.25) is 0 Å². The van der Waals surface area contributed by atoms with Crippen molar-refractivity contribution in [3.8, 4) is 5.75 Å². The quantitative estimate of drug-likeness (QED) is 0.804. The first kappa shape index (κ1) is 13.4. The van der Waals surface area contributed by atoms with Crippen LogP contribution in [-0.4, -0.2) is 24.6 Å². The maximum Gasteiger partial charge on any atom is 0.137 e. The van der Waals surface area contributed by atoms with Crippen molar-refractivity contribution in [3.05, 3.63) is 28.2 Å². The van der Waals surface area contributed by atoms with Crippen molar-refractivity contribution in [2.45, 2.75) is 38.6 Å². The van der Waals surface area contributed by atoms with Crippen molar-refractivity contribution in [2.75, 3.05) is 19.7 Å². The Hall–Kier alpha value is -0.540. The smallest absolute Gasteiger partial charge is 0.137 e. The first-order valence-electron chi connectivity index (χ1n) is 7.45. The molecule has 1 heterocycles. The average Bonchev–Trinajstić information content (AvgIpc) is 3.23. The van der Waals surface area contributed by atoms with Gasteiger partial charge in [-0.05, 0) is 66.7 Å². The van der Waals surface area contributed by atoms with Crippen molar-refractivity contribution in [3.63, 3.8) is 0 Å². The van der Waals surface area contributed by atoms with E-state index in [0.29, 0.717) is 0 Å². The molecule has 0 spiro atoms. The standard InChI is InChI=1S/C16H22BrNO/c17-15-6-4-5-14(11-18-9-2-1-3-10-18)16(15)19-12-13-7-8-13/h4-6,13H,1-3,7-12H2. The van der Waals surface area contributed by atoms with Gasteiger partial charge in [-0.3, -0.25) is 4.90 Å². The fourth-order valence-electron chi connectivity index (χ4n) is 2.68. The number of ether oxygens (including phenoxy) is 1. The lowest BCUT2D eigenvalue weighted by molar-refractivity contribution is 0.215. The number of nitrogens with zero attached hydrogens (tertiary/aromatic N) is 1. The Balaban J connectivity index is 1.68. The van der Waals surface area contributed by atoms with E-state index in [2.05, 4.69) is 39.0 Å². The molecule has 3 heteroatoms. The van der Waals surface area contributed by atoms with Gasteiger partial charge in [0.2, 0.25) is 0 Å². The zero-order valence-corrected chi connectivity index (χ0v) is 13.0. The lowest BCUT2D eigenvalue weighted by Crippen LogP contribution is -2.29. The lowest BCUT2D eigenvalue weighted by atomic mass is 10.1. The minimum Gasteiger partial charge on any atom is -0.492 e. The van der Waals surface area contributed by atoms with Crippen LogP contribution < -0.4 is 4.74 Å². The van der Waals surface area contributed by atoms with Crippen molar-refractivity contribution < 1.29 is 4.74 Å². The van der Waals surface area contributed by atoms with E-state index >= 15 is 0 Å². The average molecular weight is 324 g/mol. The molecule has 0 unspecified atom stereocenters. The summed E-state index contributed by atoms with van der Waals surface area (Å²) in [5.74, 6) is 1.87. The number of hydrogen-bond acceptors (Lipinski definition) is 2. The fourth-order valence-corrected chi connectivity index (χ4v) is 3.21. The van der Waals surface area contributed by atoms with Gasteiger partial charge in [-0.25, -0.2) is 0 Å². The molecule has 1 aliphatic heterocycles. The molecule has 0 atom stereocenters. The summed E-state index contributed by atoms with van der Waals surface area (Å²) < 4.78 is 7.16. The third-order valence-electron chi connectivity index (χ3n) is 4.05. The van der Waals surface area contributed by atoms with E-state index in [1.54, 1.807) is 0 Å². The number of hydrogen-bond donors (Lipinski definition) is 0. The van der Waals surface area contributed by atoms with Gasteiger partial charge in [0.25, 0.3) is 0 Å². The molecular formula is C16H22BrNO. The predicted octanol–water partition coefficient (Wildman–Crippen LogP) is 4.22. The zero-order chi connectivity index (χ0) is 13.1. The molecule has 0 amide bonds. The number of benzene rings is 1. The Morgan fingerprint density at radius 2 is 1.95 bits per heavy atom. The summed E-state index contributed by atoms with van der Waals surface area (Å²) in [7, 11) is 0. The van der Waals surface area contributed by atoms with E-state index in [1.807, 2.05) is 0 Å². The largest absolute Gasteiger partial charge is 0.492 e. The topological polar surface area (TPSA) is 12.5 Å². The molecule has 0 aromatic heterocycles. The van der Waals surface area contributed by atoms with E-state index in [0.717, 1.165) is 29.3 Å². The van der Waals surface area contributed by atoms with Crippen LogP contribution in [-0.2, 0) is 6.54 Å². The van der Waals surface area contributed by atoms with Gasteiger partial charge in [0.05, 0.1) is 11.1 Å². The minimum atomic E-state index is 0.801. The van der Waals surface area contributed by atoms with Gasteiger partial charge < -0.3 is 4.74 Å². The summed E-state index contributed by atoms with van der Waals surface area (Å²) in [6.45, 7) is 4.37. The molecule has 2 nitrogen and oxygen atoms in total. The highest BCUT2D eigenvalue weighted by atomic mass is 79.9. The lowest BCUT2D eigenvalue weighted by Gasteiger charge is -2.27. The Bertz CT molecular complexity index is 425. The second-order valence-electron chi connectivity index (χ2n) is 5.82. The minimum absolute atomic E-state index is 0.801. The second kappa shape index (κ2) is 6.27. The summed E-state index contributed by atoms with van der Waals surface area (Å²) in [6, 6.07) is 6.41. The molecule has 1 aliphatic carbocycles. The summed E-state index contributed by atoms with van der Waals surface area (Å²) in [5.41, 5.74) is 1.33. The Kier molecular flexibility index (Phi) is 4.44. The van der Waals surface area contributed by atoms with Crippen LogP contribution in [0.1, 0.15) is 37.7 Å². The first-order valence-corrected chi connectivity index (χ1v) is 8.25. The maximum atomic E-state index is 6.06. The molecule has 1 aromatic rings. The summed E-state index contributed by atoms with van der Waals surface area (Å²) >= 11 is 3.64. The van der Waals surface area contributed by atoms with Crippen LogP contribution >= 0.6 is 15.9 Å². The Labute approximate surface area is 124 Å².